The second-order valence-electron chi connectivity index (χ2n) is 5.03. The van der Waals surface area contributed by atoms with Crippen LogP contribution < -0.4 is 5.73 Å². The fraction of sp³-hybridized carbons (Fsp3) is 0.267. The third-order valence-corrected chi connectivity index (χ3v) is 3.61. The number of imidazole rings is 1. The van der Waals surface area contributed by atoms with Gasteiger partial charge in [0.1, 0.15) is 5.82 Å². The second-order valence-corrected chi connectivity index (χ2v) is 5.03. The standard InChI is InChI=1S/C15H18N6/c1-11-12(8-19-20-11)4-3-7-21-10-17-9-14(21)13-5-2-6-18-15(13)16/h2,5-6,8-10H,3-4,7H2,1H3,(H2,16,18)(H,19,20). The number of pyridine rings is 1. The number of hydrogen-bond donors (Lipinski definition) is 2. The van der Waals surface area contributed by atoms with Crippen LogP contribution in [-0.4, -0.2) is 24.7 Å². The highest BCUT2D eigenvalue weighted by atomic mass is 15.1. The fourth-order valence-corrected chi connectivity index (χ4v) is 2.42. The number of aryl methyl sites for hydroxylation is 3. The van der Waals surface area contributed by atoms with Gasteiger partial charge in [-0.1, -0.05) is 0 Å². The third-order valence-electron chi connectivity index (χ3n) is 3.61. The van der Waals surface area contributed by atoms with Crippen LogP contribution in [0.4, 0.5) is 5.82 Å². The molecule has 0 aliphatic rings. The summed E-state index contributed by atoms with van der Waals surface area (Å²) in [6.07, 6.45) is 9.26. The maximum absolute atomic E-state index is 5.94. The van der Waals surface area contributed by atoms with Gasteiger partial charge in [0.05, 0.1) is 24.4 Å². The van der Waals surface area contributed by atoms with Crippen molar-refractivity contribution in [2.75, 3.05) is 5.73 Å². The summed E-state index contributed by atoms with van der Waals surface area (Å²) < 4.78 is 2.11. The van der Waals surface area contributed by atoms with Crippen molar-refractivity contribution < 1.29 is 0 Å². The number of rotatable bonds is 5. The van der Waals surface area contributed by atoms with Gasteiger partial charge < -0.3 is 10.3 Å². The van der Waals surface area contributed by atoms with Crippen LogP contribution >= 0.6 is 0 Å². The van der Waals surface area contributed by atoms with Crippen molar-refractivity contribution in [2.45, 2.75) is 26.3 Å². The molecule has 0 atom stereocenters. The molecule has 21 heavy (non-hydrogen) atoms. The number of nitrogens with one attached hydrogen (secondary N) is 1. The summed E-state index contributed by atoms with van der Waals surface area (Å²) >= 11 is 0. The number of nitrogens with two attached hydrogens (primary N) is 1. The van der Waals surface area contributed by atoms with Gasteiger partial charge in [-0.2, -0.15) is 5.10 Å². The van der Waals surface area contributed by atoms with E-state index in [9.17, 15) is 0 Å². The average molecular weight is 282 g/mol. The lowest BCUT2D eigenvalue weighted by Gasteiger charge is -2.09. The highest BCUT2D eigenvalue weighted by Crippen LogP contribution is 2.23. The van der Waals surface area contributed by atoms with Gasteiger partial charge in [0.2, 0.25) is 0 Å². The summed E-state index contributed by atoms with van der Waals surface area (Å²) in [5.41, 5.74) is 10.3. The molecule has 3 N–H and O–H groups in total. The minimum atomic E-state index is 0.532. The Morgan fingerprint density at radius 1 is 1.33 bits per heavy atom. The van der Waals surface area contributed by atoms with E-state index in [1.54, 1.807) is 6.20 Å². The molecule has 3 aromatic heterocycles. The molecule has 0 fully saturated rings. The molecule has 0 aromatic carbocycles. The van der Waals surface area contributed by atoms with E-state index in [0.29, 0.717) is 5.82 Å². The molecule has 0 amide bonds. The Bertz CT molecular complexity index is 727. The molecule has 0 unspecified atom stereocenters. The van der Waals surface area contributed by atoms with Crippen LogP contribution in [0.2, 0.25) is 0 Å². The monoisotopic (exact) mass is 282 g/mol. The number of nitrogens with zero attached hydrogens (tertiary/aromatic N) is 4. The molecular weight excluding hydrogens is 264 g/mol. The van der Waals surface area contributed by atoms with Crippen molar-refractivity contribution in [1.82, 2.24) is 24.7 Å². The Balaban J connectivity index is 1.72. The molecular formula is C15H18N6. The van der Waals surface area contributed by atoms with E-state index < -0.39 is 0 Å². The summed E-state index contributed by atoms with van der Waals surface area (Å²) in [6, 6.07) is 3.86. The SMILES string of the molecule is Cc1[nH]ncc1CCCn1cncc1-c1cccnc1N. The maximum Gasteiger partial charge on any atom is 0.132 e. The smallest absolute Gasteiger partial charge is 0.132 e. The number of hydrogen-bond acceptors (Lipinski definition) is 4. The number of aromatic amines is 1. The first kappa shape index (κ1) is 13.4. The Morgan fingerprint density at radius 2 is 2.24 bits per heavy atom. The Kier molecular flexibility index (Phi) is 3.68. The van der Waals surface area contributed by atoms with Crippen LogP contribution in [0.1, 0.15) is 17.7 Å². The topological polar surface area (TPSA) is 85.4 Å². The minimum Gasteiger partial charge on any atom is -0.383 e. The molecule has 0 aliphatic heterocycles. The summed E-state index contributed by atoms with van der Waals surface area (Å²) in [4.78, 5) is 8.37. The summed E-state index contributed by atoms with van der Waals surface area (Å²) in [6.45, 7) is 2.93. The lowest BCUT2D eigenvalue weighted by Crippen LogP contribution is -2.02. The predicted octanol–water partition coefficient (Wildman–Crippen LogP) is 2.19. The zero-order valence-electron chi connectivity index (χ0n) is 12.0. The predicted molar refractivity (Wildman–Crippen MR) is 81.5 cm³/mol. The van der Waals surface area contributed by atoms with Crippen LogP contribution in [-0.2, 0) is 13.0 Å². The summed E-state index contributed by atoms with van der Waals surface area (Å²) in [7, 11) is 0. The quantitative estimate of drug-likeness (QED) is 0.751. The van der Waals surface area contributed by atoms with Gasteiger partial charge in [-0.3, -0.25) is 5.10 Å². The first-order valence-electron chi connectivity index (χ1n) is 6.95. The van der Waals surface area contributed by atoms with Gasteiger partial charge in [0.15, 0.2) is 0 Å². The molecule has 0 saturated heterocycles. The van der Waals surface area contributed by atoms with Gasteiger partial charge in [0.25, 0.3) is 0 Å². The van der Waals surface area contributed by atoms with Crippen molar-refractivity contribution in [3.63, 3.8) is 0 Å². The van der Waals surface area contributed by atoms with Crippen molar-refractivity contribution >= 4 is 5.82 Å². The molecule has 3 aromatic rings. The van der Waals surface area contributed by atoms with Gasteiger partial charge in [0, 0.05) is 24.0 Å². The van der Waals surface area contributed by atoms with Gasteiger partial charge >= 0.3 is 0 Å². The van der Waals surface area contributed by atoms with Gasteiger partial charge in [-0.25, -0.2) is 9.97 Å². The summed E-state index contributed by atoms with van der Waals surface area (Å²) in [5, 5.41) is 7.01. The van der Waals surface area contributed by atoms with E-state index >= 15 is 0 Å². The normalized spacial score (nSPS) is 10.9. The zero-order chi connectivity index (χ0) is 14.7. The Morgan fingerprint density at radius 3 is 3.00 bits per heavy atom. The lowest BCUT2D eigenvalue weighted by molar-refractivity contribution is 0.645. The maximum atomic E-state index is 5.94. The molecule has 6 heteroatoms. The van der Waals surface area contributed by atoms with E-state index in [0.717, 1.165) is 36.3 Å². The Labute approximate surface area is 123 Å². The molecule has 0 spiro atoms. The van der Waals surface area contributed by atoms with Crippen LogP contribution in [0, 0.1) is 6.92 Å². The van der Waals surface area contributed by atoms with Gasteiger partial charge in [-0.15, -0.1) is 0 Å². The average Bonchev–Trinajstić information content (AvgIpc) is 3.09. The zero-order valence-corrected chi connectivity index (χ0v) is 12.0. The van der Waals surface area contributed by atoms with E-state index in [2.05, 4.69) is 24.7 Å². The van der Waals surface area contributed by atoms with Crippen LogP contribution in [0.5, 0.6) is 0 Å². The second kappa shape index (κ2) is 5.78. The minimum absolute atomic E-state index is 0.532. The highest BCUT2D eigenvalue weighted by molar-refractivity contribution is 5.70. The van der Waals surface area contributed by atoms with E-state index in [1.807, 2.05) is 37.8 Å². The number of nitrogen functional groups attached to an aromatic ring is 1. The first-order valence-corrected chi connectivity index (χ1v) is 6.95. The Hall–Kier alpha value is -2.63. The van der Waals surface area contributed by atoms with Crippen molar-refractivity contribution in [1.29, 1.82) is 0 Å². The van der Waals surface area contributed by atoms with Crippen LogP contribution in [0.25, 0.3) is 11.3 Å². The lowest BCUT2D eigenvalue weighted by atomic mass is 10.1. The molecule has 0 radical (unpaired) electrons. The van der Waals surface area contributed by atoms with Crippen LogP contribution in [0.3, 0.4) is 0 Å². The first-order chi connectivity index (χ1) is 10.3. The molecule has 3 rings (SSSR count). The highest BCUT2D eigenvalue weighted by Gasteiger charge is 2.09. The number of anilines is 1. The van der Waals surface area contributed by atoms with Crippen LogP contribution in [0.15, 0.2) is 37.1 Å². The summed E-state index contributed by atoms with van der Waals surface area (Å²) in [5.74, 6) is 0.532. The molecule has 0 aliphatic carbocycles. The molecule has 108 valence electrons. The third kappa shape index (κ3) is 2.79. The van der Waals surface area contributed by atoms with Gasteiger partial charge in [-0.05, 0) is 37.5 Å². The van der Waals surface area contributed by atoms with Crippen molar-refractivity contribution in [2.24, 2.45) is 0 Å². The number of aromatic nitrogens is 5. The van der Waals surface area contributed by atoms with Crippen molar-refractivity contribution in [3.8, 4) is 11.3 Å². The number of H-pyrrole nitrogens is 1. The van der Waals surface area contributed by atoms with E-state index in [1.165, 1.54) is 5.56 Å². The largest absolute Gasteiger partial charge is 0.383 e. The molecule has 0 bridgehead atoms. The van der Waals surface area contributed by atoms with E-state index in [-0.39, 0.29) is 0 Å². The molecule has 3 heterocycles. The fourth-order valence-electron chi connectivity index (χ4n) is 2.42. The molecule has 0 saturated carbocycles. The van der Waals surface area contributed by atoms with Crippen molar-refractivity contribution in [3.05, 3.63) is 48.3 Å². The molecule has 6 nitrogen and oxygen atoms in total. The van der Waals surface area contributed by atoms with E-state index in [4.69, 9.17) is 5.73 Å².